The van der Waals surface area contributed by atoms with Crippen molar-refractivity contribution in [2.75, 3.05) is 12.4 Å². The molecule has 0 saturated heterocycles. The third-order valence-electron chi connectivity index (χ3n) is 8.42. The maximum atomic E-state index is 13.0. The summed E-state index contributed by atoms with van der Waals surface area (Å²) in [6.07, 6.45) is 7.35. The van der Waals surface area contributed by atoms with Gasteiger partial charge in [0.25, 0.3) is 0 Å². The lowest BCUT2D eigenvalue weighted by atomic mass is 9.53. The van der Waals surface area contributed by atoms with E-state index in [4.69, 9.17) is 4.74 Å². The van der Waals surface area contributed by atoms with Gasteiger partial charge in [-0.1, -0.05) is 30.3 Å². The van der Waals surface area contributed by atoms with Gasteiger partial charge in [0.15, 0.2) is 6.61 Å². The number of ether oxygens (including phenoxy) is 1. The Labute approximate surface area is 220 Å². The zero-order valence-electron chi connectivity index (χ0n) is 21.0. The van der Waals surface area contributed by atoms with Crippen LogP contribution in [-0.2, 0) is 9.53 Å². The number of nitrogens with one attached hydrogen (secondary N) is 2. The molecule has 0 aliphatic heterocycles. The number of para-hydroxylation sites is 1. The van der Waals surface area contributed by atoms with Gasteiger partial charge in [0.05, 0.1) is 11.3 Å². The average Bonchev–Trinajstić information content (AvgIpc) is 3.20. The molecule has 7 heteroatoms. The summed E-state index contributed by atoms with van der Waals surface area (Å²) in [6.45, 7) is 1.50. The van der Waals surface area contributed by atoms with Gasteiger partial charge < -0.3 is 15.0 Å². The number of H-pyrrole nitrogens is 1. The van der Waals surface area contributed by atoms with Gasteiger partial charge in [-0.25, -0.2) is 4.79 Å². The zero-order valence-corrected chi connectivity index (χ0v) is 21.9. The van der Waals surface area contributed by atoms with Gasteiger partial charge in [0.1, 0.15) is 0 Å². The van der Waals surface area contributed by atoms with Crippen molar-refractivity contribution in [2.24, 2.45) is 17.8 Å². The lowest BCUT2D eigenvalue weighted by Gasteiger charge is -2.56. The minimum Gasteiger partial charge on any atom is -0.454 e. The second-order valence-electron chi connectivity index (χ2n) is 11.2. The van der Waals surface area contributed by atoms with Crippen LogP contribution in [-0.4, -0.2) is 40.5 Å². The lowest BCUT2D eigenvalue weighted by molar-refractivity contribution is -0.124. The molecule has 1 heterocycles. The number of fused-ring (bicyclic) bond motifs is 1. The van der Waals surface area contributed by atoms with Crippen LogP contribution < -0.4 is 5.32 Å². The summed E-state index contributed by atoms with van der Waals surface area (Å²) in [5, 5.41) is 4.22. The molecule has 3 aromatic rings. The van der Waals surface area contributed by atoms with Crippen LogP contribution in [0.2, 0.25) is 0 Å². The van der Waals surface area contributed by atoms with Crippen molar-refractivity contribution >= 4 is 40.3 Å². The van der Waals surface area contributed by atoms with Gasteiger partial charge in [-0.05, 0) is 81.4 Å². The summed E-state index contributed by atoms with van der Waals surface area (Å²) in [4.78, 5) is 42.7. The normalized spacial score (nSPS) is 25.8. The van der Waals surface area contributed by atoms with Crippen molar-refractivity contribution in [1.82, 2.24) is 10.3 Å². The number of hydrogen-bond donors (Lipinski definition) is 2. The molecule has 192 valence electrons. The number of benzene rings is 2. The van der Waals surface area contributed by atoms with Crippen LogP contribution in [0.5, 0.6) is 0 Å². The van der Waals surface area contributed by atoms with Gasteiger partial charge in [-0.15, -0.1) is 11.8 Å². The molecule has 0 spiro atoms. The first kappa shape index (κ1) is 24.3. The number of hydrogen-bond acceptors (Lipinski definition) is 5. The summed E-state index contributed by atoms with van der Waals surface area (Å²) < 4.78 is 5.44. The lowest BCUT2D eigenvalue weighted by Crippen LogP contribution is -2.60. The van der Waals surface area contributed by atoms with Crippen molar-refractivity contribution in [1.29, 1.82) is 0 Å². The highest BCUT2D eigenvalue weighted by atomic mass is 32.2. The monoisotopic (exact) mass is 516 g/mol. The van der Waals surface area contributed by atoms with Gasteiger partial charge >= 0.3 is 5.97 Å². The van der Waals surface area contributed by atoms with E-state index in [0.29, 0.717) is 16.0 Å². The number of thioether (sulfide) groups is 1. The number of aryl methyl sites for hydroxylation is 1. The molecule has 2 aromatic carbocycles. The topological polar surface area (TPSA) is 88.3 Å². The number of amides is 1. The summed E-state index contributed by atoms with van der Waals surface area (Å²) >= 11 is 1.35. The molecular weight excluding hydrogens is 484 g/mol. The Kier molecular flexibility index (Phi) is 6.35. The number of aromatic nitrogens is 1. The maximum absolute atomic E-state index is 13.0. The van der Waals surface area contributed by atoms with E-state index in [1.165, 1.54) is 31.0 Å². The highest BCUT2D eigenvalue weighted by Gasteiger charge is 2.51. The highest BCUT2D eigenvalue weighted by Crippen LogP contribution is 2.55. The predicted molar refractivity (Wildman–Crippen MR) is 144 cm³/mol. The fraction of sp³-hybridized carbons (Fsp3) is 0.433. The molecule has 1 aromatic heterocycles. The van der Waals surface area contributed by atoms with E-state index >= 15 is 0 Å². The van der Waals surface area contributed by atoms with Gasteiger partial charge in [0, 0.05) is 32.6 Å². The third-order valence-corrected chi connectivity index (χ3v) is 9.49. The van der Waals surface area contributed by atoms with Crippen LogP contribution in [0.15, 0.2) is 53.4 Å². The Hall–Kier alpha value is -3.06. The highest BCUT2D eigenvalue weighted by molar-refractivity contribution is 8.00. The van der Waals surface area contributed by atoms with Crippen molar-refractivity contribution in [3.63, 3.8) is 0 Å². The van der Waals surface area contributed by atoms with E-state index in [9.17, 15) is 14.4 Å². The maximum Gasteiger partial charge on any atom is 0.339 e. The summed E-state index contributed by atoms with van der Waals surface area (Å²) in [6, 6.07) is 14.7. The second-order valence-corrected chi connectivity index (χ2v) is 12.2. The van der Waals surface area contributed by atoms with Gasteiger partial charge in [-0.2, -0.15) is 0 Å². The quantitative estimate of drug-likeness (QED) is 0.228. The number of ketones is 1. The molecule has 1 amide bonds. The molecule has 2 N–H and O–H groups in total. The average molecular weight is 517 g/mol. The minimum atomic E-state index is -0.560. The third kappa shape index (κ3) is 4.81. The SMILES string of the molecule is Cc1[nH]c2ccccc2c1C(=O)COC(=O)c1ccccc1SCC(=O)NC12CC3CC(CC(C3)C1)C2. The molecular formula is C30H32N2O4S. The molecule has 6 nitrogen and oxygen atoms in total. The van der Waals surface area contributed by atoms with E-state index in [0.717, 1.165) is 53.6 Å². The molecule has 7 rings (SSSR count). The van der Waals surface area contributed by atoms with Crippen LogP contribution in [0, 0.1) is 24.7 Å². The Morgan fingerprint density at radius 1 is 0.973 bits per heavy atom. The Morgan fingerprint density at radius 2 is 1.62 bits per heavy atom. The fourth-order valence-electron chi connectivity index (χ4n) is 7.42. The van der Waals surface area contributed by atoms with Crippen LogP contribution in [0.25, 0.3) is 10.9 Å². The summed E-state index contributed by atoms with van der Waals surface area (Å²) in [7, 11) is 0. The van der Waals surface area contributed by atoms with E-state index in [1.807, 2.05) is 43.3 Å². The molecule has 4 aliphatic rings. The molecule has 4 fully saturated rings. The second kappa shape index (κ2) is 9.67. The first-order chi connectivity index (χ1) is 17.9. The van der Waals surface area contributed by atoms with E-state index in [-0.39, 0.29) is 29.6 Å². The molecule has 0 atom stereocenters. The van der Waals surface area contributed by atoms with Crippen molar-refractivity contribution < 1.29 is 19.1 Å². The number of carbonyl (C=O) groups excluding carboxylic acids is 3. The van der Waals surface area contributed by atoms with Crippen molar-refractivity contribution in [2.45, 2.75) is 55.9 Å². The Balaban J connectivity index is 1.07. The van der Waals surface area contributed by atoms with Crippen molar-refractivity contribution in [3.05, 3.63) is 65.4 Å². The number of aromatic amines is 1. The number of rotatable bonds is 8. The largest absolute Gasteiger partial charge is 0.454 e. The first-order valence-corrected chi connectivity index (χ1v) is 14.2. The molecule has 0 radical (unpaired) electrons. The number of esters is 1. The van der Waals surface area contributed by atoms with Crippen LogP contribution >= 0.6 is 11.8 Å². The summed E-state index contributed by atoms with van der Waals surface area (Å²) in [5.74, 6) is 1.78. The molecule has 4 bridgehead atoms. The fourth-order valence-corrected chi connectivity index (χ4v) is 8.26. The number of carbonyl (C=O) groups is 3. The Morgan fingerprint density at radius 3 is 2.35 bits per heavy atom. The van der Waals surface area contributed by atoms with Crippen molar-refractivity contribution in [3.8, 4) is 0 Å². The summed E-state index contributed by atoms with van der Waals surface area (Å²) in [5.41, 5.74) is 2.53. The standard InChI is InChI=1S/C30H32N2O4S/c1-18-28(22-6-2-4-8-24(22)31-18)25(33)16-36-29(35)23-7-3-5-9-26(23)37-17-27(34)32-30-13-19-10-20(14-30)12-21(11-19)15-30/h2-9,19-21,31H,10-17H2,1H3,(H,32,34). The van der Waals surface area contributed by atoms with E-state index in [2.05, 4.69) is 10.3 Å². The van der Waals surface area contributed by atoms with Gasteiger partial charge in [0.2, 0.25) is 11.7 Å². The molecule has 37 heavy (non-hydrogen) atoms. The van der Waals surface area contributed by atoms with E-state index < -0.39 is 5.97 Å². The smallest absolute Gasteiger partial charge is 0.339 e. The minimum absolute atomic E-state index is 0.0221. The van der Waals surface area contributed by atoms with E-state index in [1.54, 1.807) is 12.1 Å². The Bertz CT molecular complexity index is 1340. The molecule has 4 aliphatic carbocycles. The van der Waals surface area contributed by atoms with Crippen LogP contribution in [0.3, 0.4) is 0 Å². The number of Topliss-reactive ketones (excluding diaryl/α,β-unsaturated/α-hetero) is 1. The zero-order chi connectivity index (χ0) is 25.6. The predicted octanol–water partition coefficient (Wildman–Crippen LogP) is 5.69. The molecule has 4 saturated carbocycles. The first-order valence-electron chi connectivity index (χ1n) is 13.2. The van der Waals surface area contributed by atoms with Gasteiger partial charge in [-0.3, -0.25) is 9.59 Å². The van der Waals surface area contributed by atoms with Crippen LogP contribution in [0.1, 0.15) is 64.9 Å². The van der Waals surface area contributed by atoms with Crippen LogP contribution in [0.4, 0.5) is 0 Å². The molecule has 0 unspecified atom stereocenters.